The maximum Gasteiger partial charge on any atom is 0.320 e. The Morgan fingerprint density at radius 1 is 1.53 bits per heavy atom. The SMILES string of the molecule is Cn1cc(CC(N)C(=O)O)c2c(O)cccc21. The molecule has 0 fully saturated rings. The van der Waals surface area contributed by atoms with E-state index in [1.165, 1.54) is 0 Å². The predicted molar refractivity (Wildman–Crippen MR) is 63.9 cm³/mol. The highest BCUT2D eigenvalue weighted by Gasteiger charge is 2.17. The molecule has 0 amide bonds. The van der Waals surface area contributed by atoms with Crippen LogP contribution in [0.25, 0.3) is 10.9 Å². The lowest BCUT2D eigenvalue weighted by Gasteiger charge is -2.05. The largest absolute Gasteiger partial charge is 0.507 e. The third kappa shape index (κ3) is 1.97. The van der Waals surface area contributed by atoms with Gasteiger partial charge in [-0.15, -0.1) is 0 Å². The smallest absolute Gasteiger partial charge is 0.320 e. The number of aromatic hydroxyl groups is 1. The van der Waals surface area contributed by atoms with Gasteiger partial charge in [0.25, 0.3) is 0 Å². The first-order chi connectivity index (χ1) is 8.00. The van der Waals surface area contributed by atoms with E-state index >= 15 is 0 Å². The maximum atomic E-state index is 10.7. The first-order valence-electron chi connectivity index (χ1n) is 5.25. The van der Waals surface area contributed by atoms with Crippen molar-refractivity contribution in [1.29, 1.82) is 0 Å². The Hall–Kier alpha value is -2.01. The van der Waals surface area contributed by atoms with E-state index in [0.717, 1.165) is 11.1 Å². The average Bonchev–Trinajstić information content (AvgIpc) is 2.57. The van der Waals surface area contributed by atoms with E-state index in [1.807, 2.05) is 17.7 Å². The lowest BCUT2D eigenvalue weighted by molar-refractivity contribution is -0.138. The summed E-state index contributed by atoms with van der Waals surface area (Å²) in [5, 5.41) is 19.3. The van der Waals surface area contributed by atoms with Crippen LogP contribution in [-0.2, 0) is 18.3 Å². The molecular weight excluding hydrogens is 220 g/mol. The van der Waals surface area contributed by atoms with Crippen molar-refractivity contribution in [3.05, 3.63) is 30.0 Å². The molecule has 0 spiro atoms. The van der Waals surface area contributed by atoms with Gasteiger partial charge in [-0.25, -0.2) is 0 Å². The van der Waals surface area contributed by atoms with Crippen LogP contribution < -0.4 is 5.73 Å². The molecule has 1 heterocycles. The van der Waals surface area contributed by atoms with E-state index in [0.29, 0.717) is 5.39 Å². The second-order valence-corrected chi connectivity index (χ2v) is 4.09. The number of aryl methyl sites for hydroxylation is 1. The van der Waals surface area contributed by atoms with Gasteiger partial charge in [-0.1, -0.05) is 6.07 Å². The van der Waals surface area contributed by atoms with Gasteiger partial charge in [-0.05, 0) is 17.7 Å². The molecule has 1 unspecified atom stereocenters. The molecule has 17 heavy (non-hydrogen) atoms. The fourth-order valence-corrected chi connectivity index (χ4v) is 2.00. The molecule has 2 rings (SSSR count). The van der Waals surface area contributed by atoms with Crippen molar-refractivity contribution in [2.45, 2.75) is 12.5 Å². The van der Waals surface area contributed by atoms with Gasteiger partial charge in [0.2, 0.25) is 0 Å². The molecule has 2 aromatic rings. The lowest BCUT2D eigenvalue weighted by atomic mass is 10.1. The number of aliphatic carboxylic acids is 1. The summed E-state index contributed by atoms with van der Waals surface area (Å²) in [7, 11) is 1.84. The number of nitrogens with two attached hydrogens (primary N) is 1. The highest BCUT2D eigenvalue weighted by atomic mass is 16.4. The number of benzene rings is 1. The molecule has 0 saturated carbocycles. The lowest BCUT2D eigenvalue weighted by Crippen LogP contribution is -2.32. The summed E-state index contributed by atoms with van der Waals surface area (Å²) < 4.78 is 1.85. The minimum atomic E-state index is -1.04. The van der Waals surface area contributed by atoms with Gasteiger partial charge in [-0.3, -0.25) is 4.79 Å². The molecule has 0 bridgehead atoms. The molecule has 5 nitrogen and oxygen atoms in total. The van der Waals surface area contributed by atoms with Crippen LogP contribution in [0.3, 0.4) is 0 Å². The molecule has 0 aliphatic carbocycles. The number of hydrogen-bond donors (Lipinski definition) is 3. The summed E-state index contributed by atoms with van der Waals surface area (Å²) >= 11 is 0. The zero-order valence-electron chi connectivity index (χ0n) is 9.42. The Bertz CT molecular complexity index is 574. The number of nitrogens with zero attached hydrogens (tertiary/aromatic N) is 1. The summed E-state index contributed by atoms with van der Waals surface area (Å²) in [6.45, 7) is 0. The Kier molecular flexibility index (Phi) is 2.77. The molecule has 90 valence electrons. The monoisotopic (exact) mass is 234 g/mol. The normalized spacial score (nSPS) is 12.8. The maximum absolute atomic E-state index is 10.7. The van der Waals surface area contributed by atoms with Gasteiger partial charge in [-0.2, -0.15) is 0 Å². The molecule has 0 aliphatic rings. The van der Waals surface area contributed by atoms with Gasteiger partial charge in [0, 0.05) is 25.1 Å². The Balaban J connectivity index is 2.51. The van der Waals surface area contributed by atoms with Crippen LogP contribution in [0.15, 0.2) is 24.4 Å². The van der Waals surface area contributed by atoms with E-state index in [4.69, 9.17) is 10.8 Å². The van der Waals surface area contributed by atoms with E-state index in [2.05, 4.69) is 0 Å². The van der Waals surface area contributed by atoms with E-state index in [-0.39, 0.29) is 12.2 Å². The summed E-state index contributed by atoms with van der Waals surface area (Å²) in [6, 6.07) is 4.24. The standard InChI is InChI=1S/C12H14N2O3/c1-14-6-7(5-8(13)12(16)17)11-9(14)3-2-4-10(11)15/h2-4,6,8,15H,5,13H2,1H3,(H,16,17). The Labute approximate surface area is 98.1 Å². The number of aromatic nitrogens is 1. The Morgan fingerprint density at radius 2 is 2.24 bits per heavy atom. The fraction of sp³-hybridized carbons (Fsp3) is 0.250. The van der Waals surface area contributed by atoms with Gasteiger partial charge in [0.15, 0.2) is 0 Å². The fourth-order valence-electron chi connectivity index (χ4n) is 2.00. The summed E-state index contributed by atoms with van der Waals surface area (Å²) in [4.78, 5) is 10.7. The van der Waals surface area contributed by atoms with Crippen molar-refractivity contribution in [3.63, 3.8) is 0 Å². The number of carboxylic acid groups (broad SMARTS) is 1. The van der Waals surface area contributed by atoms with Crippen LogP contribution >= 0.6 is 0 Å². The molecule has 1 aromatic heterocycles. The molecule has 0 saturated heterocycles. The first-order valence-corrected chi connectivity index (χ1v) is 5.25. The minimum absolute atomic E-state index is 0.149. The third-order valence-electron chi connectivity index (χ3n) is 2.83. The van der Waals surface area contributed by atoms with Crippen molar-refractivity contribution in [1.82, 2.24) is 4.57 Å². The number of fused-ring (bicyclic) bond motifs is 1. The third-order valence-corrected chi connectivity index (χ3v) is 2.83. The summed E-state index contributed by atoms with van der Waals surface area (Å²) in [5.74, 6) is -0.895. The quantitative estimate of drug-likeness (QED) is 0.734. The highest BCUT2D eigenvalue weighted by Crippen LogP contribution is 2.29. The second-order valence-electron chi connectivity index (χ2n) is 4.09. The van der Waals surface area contributed by atoms with Crippen molar-refractivity contribution in [2.24, 2.45) is 12.8 Å². The first kappa shape index (κ1) is 11.5. The van der Waals surface area contributed by atoms with Gasteiger partial charge < -0.3 is 20.5 Å². The summed E-state index contributed by atoms with van der Waals surface area (Å²) in [6.07, 6.45) is 2.00. The molecule has 4 N–H and O–H groups in total. The predicted octanol–water partition coefficient (Wildman–Crippen LogP) is 0.838. The van der Waals surface area contributed by atoms with Gasteiger partial charge in [0.05, 0.1) is 5.52 Å². The summed E-state index contributed by atoms with van der Waals surface area (Å²) in [5.41, 5.74) is 7.11. The number of phenolic OH excluding ortho intramolecular Hbond substituents is 1. The van der Waals surface area contributed by atoms with Gasteiger partial charge >= 0.3 is 5.97 Å². The Morgan fingerprint density at radius 3 is 2.88 bits per heavy atom. The van der Waals surface area contributed by atoms with Crippen LogP contribution in [0.4, 0.5) is 0 Å². The number of carbonyl (C=O) groups is 1. The van der Waals surface area contributed by atoms with Crippen LogP contribution in [0.1, 0.15) is 5.56 Å². The number of rotatable bonds is 3. The molecule has 0 radical (unpaired) electrons. The highest BCUT2D eigenvalue weighted by molar-refractivity contribution is 5.90. The molecular formula is C12H14N2O3. The topological polar surface area (TPSA) is 88.5 Å². The minimum Gasteiger partial charge on any atom is -0.507 e. The molecule has 5 heteroatoms. The number of phenols is 1. The van der Waals surface area contributed by atoms with E-state index in [1.54, 1.807) is 18.3 Å². The van der Waals surface area contributed by atoms with Crippen LogP contribution in [0.2, 0.25) is 0 Å². The van der Waals surface area contributed by atoms with Crippen LogP contribution in [0, 0.1) is 0 Å². The zero-order chi connectivity index (χ0) is 12.6. The number of carboxylic acids is 1. The van der Waals surface area contributed by atoms with E-state index < -0.39 is 12.0 Å². The van der Waals surface area contributed by atoms with Crippen molar-refractivity contribution < 1.29 is 15.0 Å². The zero-order valence-corrected chi connectivity index (χ0v) is 9.42. The van der Waals surface area contributed by atoms with E-state index in [9.17, 15) is 9.90 Å². The van der Waals surface area contributed by atoms with Crippen LogP contribution in [0.5, 0.6) is 5.75 Å². The number of hydrogen-bond acceptors (Lipinski definition) is 3. The molecule has 1 aromatic carbocycles. The molecule has 0 aliphatic heterocycles. The van der Waals surface area contributed by atoms with Crippen molar-refractivity contribution >= 4 is 16.9 Å². The second kappa shape index (κ2) is 4.10. The average molecular weight is 234 g/mol. The van der Waals surface area contributed by atoms with Crippen LogP contribution in [-0.4, -0.2) is 26.8 Å². The van der Waals surface area contributed by atoms with Gasteiger partial charge in [0.1, 0.15) is 11.8 Å². The van der Waals surface area contributed by atoms with Crippen molar-refractivity contribution in [2.75, 3.05) is 0 Å². The van der Waals surface area contributed by atoms with Crippen molar-refractivity contribution in [3.8, 4) is 5.75 Å². The molecule has 1 atom stereocenters.